The molecule has 0 spiro atoms. The van der Waals surface area contributed by atoms with Gasteiger partial charge in [-0.25, -0.2) is 4.79 Å². The minimum atomic E-state index is -0.109. The topological polar surface area (TPSA) is 68.9 Å². The third-order valence-corrected chi connectivity index (χ3v) is 9.65. The van der Waals surface area contributed by atoms with Gasteiger partial charge in [-0.05, 0) is 134 Å². The number of urea groups is 1. The molecule has 0 atom stereocenters. The maximum atomic E-state index is 11.6. The van der Waals surface area contributed by atoms with Crippen molar-refractivity contribution in [3.05, 3.63) is 87.4 Å². The molecule has 2 saturated heterocycles. The minimum Gasteiger partial charge on any atom is -0.383 e. The molecule has 2 heterocycles. The summed E-state index contributed by atoms with van der Waals surface area (Å²) in [6, 6.07) is 21.5. The van der Waals surface area contributed by atoms with Gasteiger partial charge in [0.2, 0.25) is 0 Å². The Morgan fingerprint density at radius 2 is 1.49 bits per heavy atom. The van der Waals surface area contributed by atoms with E-state index in [2.05, 4.69) is 68.2 Å². The number of hydrogen-bond donors (Lipinski definition) is 3. The van der Waals surface area contributed by atoms with Crippen LogP contribution in [0.15, 0.2) is 60.7 Å². The molecule has 0 radical (unpaired) electrons. The monoisotopic (exact) mass is 651 g/mol. The molecule has 0 aliphatic carbocycles. The summed E-state index contributed by atoms with van der Waals surface area (Å²) in [6.45, 7) is 8.46. The van der Waals surface area contributed by atoms with Gasteiger partial charge in [0.25, 0.3) is 0 Å². The lowest BCUT2D eigenvalue weighted by Crippen LogP contribution is -2.40. The molecule has 0 bridgehead atoms. The molecular weight excluding hydrogens is 605 g/mol. The number of carbonyl (C=O) groups is 1. The quantitative estimate of drug-likeness (QED) is 0.193. The molecule has 3 aromatic rings. The van der Waals surface area contributed by atoms with Gasteiger partial charge in [-0.15, -0.1) is 0 Å². The van der Waals surface area contributed by atoms with Crippen molar-refractivity contribution in [2.24, 2.45) is 5.92 Å². The van der Waals surface area contributed by atoms with Crippen LogP contribution in [0.4, 0.5) is 10.5 Å². The van der Waals surface area contributed by atoms with E-state index >= 15 is 0 Å². The van der Waals surface area contributed by atoms with Crippen LogP contribution in [0.2, 0.25) is 10.0 Å². The highest BCUT2D eigenvalue weighted by Gasteiger charge is 2.21. The van der Waals surface area contributed by atoms with Gasteiger partial charge in [-0.1, -0.05) is 41.4 Å². The minimum absolute atomic E-state index is 0.109. The highest BCUT2D eigenvalue weighted by atomic mass is 35.5. The number of ether oxygens (including phenoxy) is 1. The summed E-state index contributed by atoms with van der Waals surface area (Å²) >= 11 is 12.8. The summed E-state index contributed by atoms with van der Waals surface area (Å²) in [5.74, 6) is 1.14. The van der Waals surface area contributed by atoms with Crippen molar-refractivity contribution < 1.29 is 9.53 Å². The second kappa shape index (κ2) is 16.7. The number of likely N-dealkylation sites (tertiary alicyclic amines) is 2. The normalized spacial score (nSPS) is 16.9. The van der Waals surface area contributed by atoms with E-state index in [0.29, 0.717) is 21.9 Å². The third kappa shape index (κ3) is 10.1. The van der Waals surface area contributed by atoms with Crippen LogP contribution < -0.4 is 16.0 Å². The second-order valence-corrected chi connectivity index (χ2v) is 13.3. The molecule has 5 rings (SSSR count). The van der Waals surface area contributed by atoms with Gasteiger partial charge in [-0.3, -0.25) is 4.90 Å². The summed E-state index contributed by atoms with van der Waals surface area (Å²) in [7, 11) is 3.43. The summed E-state index contributed by atoms with van der Waals surface area (Å²) in [5, 5.41) is 10.5. The maximum absolute atomic E-state index is 11.6. The summed E-state index contributed by atoms with van der Waals surface area (Å²) in [5.41, 5.74) is 7.19. The van der Waals surface area contributed by atoms with E-state index in [1.165, 1.54) is 29.5 Å². The van der Waals surface area contributed by atoms with E-state index in [9.17, 15) is 4.79 Å². The first-order valence-corrected chi connectivity index (χ1v) is 17.0. The number of carbonyl (C=O) groups excluding carboxylic acids is 1. The Morgan fingerprint density at radius 3 is 2.16 bits per heavy atom. The number of rotatable bonds is 12. The zero-order chi connectivity index (χ0) is 31.6. The number of methoxy groups -OCH3 is 1. The summed E-state index contributed by atoms with van der Waals surface area (Å²) in [4.78, 5) is 16.6. The first-order valence-electron chi connectivity index (χ1n) is 16.2. The van der Waals surface area contributed by atoms with Gasteiger partial charge >= 0.3 is 6.03 Å². The van der Waals surface area contributed by atoms with Crippen molar-refractivity contribution in [2.75, 3.05) is 65.3 Å². The van der Waals surface area contributed by atoms with Crippen molar-refractivity contribution in [3.8, 4) is 11.1 Å². The van der Waals surface area contributed by atoms with E-state index in [-0.39, 0.29) is 6.03 Å². The molecule has 2 fully saturated rings. The molecular formula is C36H47Cl2N5O2. The number of nitrogens with zero attached hydrogens (tertiary/aromatic N) is 2. The highest BCUT2D eigenvalue weighted by Crippen LogP contribution is 2.31. The van der Waals surface area contributed by atoms with Crippen LogP contribution in [-0.4, -0.2) is 75.9 Å². The van der Waals surface area contributed by atoms with Gasteiger partial charge in [0, 0.05) is 56.1 Å². The molecule has 0 saturated carbocycles. The number of piperidine rings is 2. The van der Waals surface area contributed by atoms with Crippen molar-refractivity contribution in [1.82, 2.24) is 20.4 Å². The average Bonchev–Trinajstić information content (AvgIpc) is 3.06. The number of anilines is 1. The Labute approximate surface area is 278 Å². The van der Waals surface area contributed by atoms with Gasteiger partial charge in [0.05, 0.1) is 6.61 Å². The zero-order valence-electron chi connectivity index (χ0n) is 26.6. The SMILES string of the molecule is CNC(=O)NCC1CCN(Cc2cc(CNc3ccc(C4CCN(CCOC)CC4)cc3)cc(-c3cc(Cl)cc(Cl)c3)c2)CC1. The van der Waals surface area contributed by atoms with Crippen LogP contribution in [0.3, 0.4) is 0 Å². The fraction of sp³-hybridized carbons (Fsp3) is 0.472. The molecule has 0 aromatic heterocycles. The van der Waals surface area contributed by atoms with E-state index in [1.807, 2.05) is 12.1 Å². The van der Waals surface area contributed by atoms with Crippen LogP contribution in [0.1, 0.15) is 48.3 Å². The highest BCUT2D eigenvalue weighted by molar-refractivity contribution is 6.35. The zero-order valence-corrected chi connectivity index (χ0v) is 28.1. The van der Waals surface area contributed by atoms with Crippen LogP contribution in [0.5, 0.6) is 0 Å². The largest absolute Gasteiger partial charge is 0.383 e. The van der Waals surface area contributed by atoms with Crippen molar-refractivity contribution in [3.63, 3.8) is 0 Å². The molecule has 2 amide bonds. The Balaban J connectivity index is 1.23. The number of halogens is 2. The molecule has 9 heteroatoms. The first kappa shape index (κ1) is 33.6. The number of nitrogens with one attached hydrogen (secondary N) is 3. The lowest BCUT2D eigenvalue weighted by molar-refractivity contribution is 0.130. The van der Waals surface area contributed by atoms with E-state index in [0.717, 1.165) is 88.6 Å². The summed E-state index contributed by atoms with van der Waals surface area (Å²) in [6.07, 6.45) is 4.55. The molecule has 7 nitrogen and oxygen atoms in total. The predicted molar refractivity (Wildman–Crippen MR) is 186 cm³/mol. The number of amides is 2. The van der Waals surface area contributed by atoms with E-state index < -0.39 is 0 Å². The average molecular weight is 653 g/mol. The molecule has 2 aliphatic heterocycles. The molecule has 242 valence electrons. The standard InChI is InChI=1S/C36H47Cl2N5O2/c1-39-36(44)41-23-26-7-11-43(12-8-26)25-28-17-27(18-31(19-28)32-20-33(37)22-34(38)21-32)24-40-35-5-3-29(4-6-35)30-9-13-42(14-10-30)15-16-45-2/h3-6,17-22,26,30,40H,7-16,23-25H2,1-2H3,(H2,39,41,44). The van der Waals surface area contributed by atoms with Gasteiger partial charge in [0.15, 0.2) is 0 Å². The molecule has 3 aromatic carbocycles. The lowest BCUT2D eigenvalue weighted by atomic mass is 9.89. The smallest absolute Gasteiger partial charge is 0.314 e. The Kier molecular flexibility index (Phi) is 12.4. The van der Waals surface area contributed by atoms with Crippen LogP contribution >= 0.6 is 23.2 Å². The molecule has 3 N–H and O–H groups in total. The fourth-order valence-corrected chi connectivity index (χ4v) is 7.09. The van der Waals surface area contributed by atoms with Crippen LogP contribution in [0, 0.1) is 5.92 Å². The van der Waals surface area contributed by atoms with Crippen LogP contribution in [-0.2, 0) is 17.8 Å². The summed E-state index contributed by atoms with van der Waals surface area (Å²) < 4.78 is 5.25. The Morgan fingerprint density at radius 1 is 0.844 bits per heavy atom. The van der Waals surface area contributed by atoms with Gasteiger partial charge < -0.3 is 25.6 Å². The maximum Gasteiger partial charge on any atom is 0.314 e. The number of hydrogen-bond acceptors (Lipinski definition) is 5. The van der Waals surface area contributed by atoms with E-state index in [1.54, 1.807) is 20.2 Å². The third-order valence-electron chi connectivity index (χ3n) is 9.22. The molecule has 45 heavy (non-hydrogen) atoms. The molecule has 2 aliphatic rings. The van der Waals surface area contributed by atoms with Gasteiger partial charge in [-0.2, -0.15) is 0 Å². The van der Waals surface area contributed by atoms with Crippen molar-refractivity contribution >= 4 is 34.9 Å². The van der Waals surface area contributed by atoms with Crippen molar-refractivity contribution in [1.29, 1.82) is 0 Å². The molecule has 0 unspecified atom stereocenters. The van der Waals surface area contributed by atoms with E-state index in [4.69, 9.17) is 27.9 Å². The Hall–Kier alpha value is -2.81. The number of benzene rings is 3. The second-order valence-electron chi connectivity index (χ2n) is 12.5. The van der Waals surface area contributed by atoms with Crippen LogP contribution in [0.25, 0.3) is 11.1 Å². The lowest BCUT2D eigenvalue weighted by Gasteiger charge is -2.32. The van der Waals surface area contributed by atoms with Gasteiger partial charge in [0.1, 0.15) is 0 Å². The Bertz CT molecular complexity index is 1370. The first-order chi connectivity index (χ1) is 21.9. The predicted octanol–water partition coefficient (Wildman–Crippen LogP) is 7.24. The van der Waals surface area contributed by atoms with Crippen molar-refractivity contribution in [2.45, 2.75) is 44.7 Å². The fourth-order valence-electron chi connectivity index (χ4n) is 6.56.